The lowest BCUT2D eigenvalue weighted by Crippen LogP contribution is -2.28. The number of unbranched alkanes of at least 4 members (excludes halogenated alkanes) is 2. The van der Waals surface area contributed by atoms with Crippen LogP contribution in [0.25, 0.3) is 0 Å². The summed E-state index contributed by atoms with van der Waals surface area (Å²) in [6.45, 7) is 13.1. The lowest BCUT2D eigenvalue weighted by Gasteiger charge is -2.23. The van der Waals surface area contributed by atoms with Crippen LogP contribution in [0.1, 0.15) is 99.3 Å². The van der Waals surface area contributed by atoms with Gasteiger partial charge in [-0.05, 0) is 31.1 Å². The van der Waals surface area contributed by atoms with Crippen LogP contribution >= 0.6 is 0 Å². The molecule has 0 aromatic rings. The summed E-state index contributed by atoms with van der Waals surface area (Å²) in [7, 11) is 0. The first-order chi connectivity index (χ1) is 12.3. The summed E-state index contributed by atoms with van der Waals surface area (Å²) in [6, 6.07) is 0. The lowest BCUT2D eigenvalue weighted by atomic mass is 10.0. The van der Waals surface area contributed by atoms with Gasteiger partial charge < -0.3 is 9.47 Å². The Morgan fingerprint density at radius 3 is 1.73 bits per heavy atom. The standard InChI is InChI=1S/C22H42O4/c1-7-20(26-22(24)15-11-9-13-18(4)5)19(6)16-25-21(23)14-10-8-12-17(2)3/h17-20H,7-16H2,1-6H3. The molecule has 0 rings (SSSR count). The first-order valence-electron chi connectivity index (χ1n) is 10.6. The Morgan fingerprint density at radius 2 is 1.27 bits per heavy atom. The van der Waals surface area contributed by atoms with Crippen molar-refractivity contribution in [2.45, 2.75) is 105 Å². The van der Waals surface area contributed by atoms with Gasteiger partial charge in [0, 0.05) is 18.8 Å². The number of hydrogen-bond donors (Lipinski definition) is 0. The van der Waals surface area contributed by atoms with Crippen LogP contribution in [0.15, 0.2) is 0 Å². The summed E-state index contributed by atoms with van der Waals surface area (Å²) in [4.78, 5) is 23.8. The van der Waals surface area contributed by atoms with Crippen LogP contribution in [0.3, 0.4) is 0 Å². The van der Waals surface area contributed by atoms with Crippen LogP contribution in [0.5, 0.6) is 0 Å². The molecule has 4 heteroatoms. The van der Waals surface area contributed by atoms with Gasteiger partial charge in [0.1, 0.15) is 6.10 Å². The van der Waals surface area contributed by atoms with Gasteiger partial charge in [-0.3, -0.25) is 9.59 Å². The Bertz CT molecular complexity index is 376. The third kappa shape index (κ3) is 14.1. The van der Waals surface area contributed by atoms with E-state index in [1.807, 2.05) is 13.8 Å². The molecule has 0 heterocycles. The van der Waals surface area contributed by atoms with Gasteiger partial charge in [-0.2, -0.15) is 0 Å². The molecule has 26 heavy (non-hydrogen) atoms. The van der Waals surface area contributed by atoms with Gasteiger partial charge in [0.2, 0.25) is 0 Å². The van der Waals surface area contributed by atoms with Crippen molar-refractivity contribution in [3.8, 4) is 0 Å². The number of rotatable bonds is 15. The third-order valence-corrected chi connectivity index (χ3v) is 4.65. The van der Waals surface area contributed by atoms with Crippen LogP contribution < -0.4 is 0 Å². The van der Waals surface area contributed by atoms with E-state index in [-0.39, 0.29) is 24.0 Å². The molecule has 0 spiro atoms. The summed E-state index contributed by atoms with van der Waals surface area (Å²) in [5.41, 5.74) is 0. The number of esters is 2. The Balaban J connectivity index is 3.98. The maximum Gasteiger partial charge on any atom is 0.306 e. The van der Waals surface area contributed by atoms with Crippen LogP contribution in [-0.2, 0) is 19.1 Å². The average Bonchev–Trinajstić information content (AvgIpc) is 2.57. The molecule has 0 aliphatic carbocycles. The molecule has 2 unspecified atom stereocenters. The molecule has 154 valence electrons. The third-order valence-electron chi connectivity index (χ3n) is 4.65. The Hall–Kier alpha value is -1.06. The van der Waals surface area contributed by atoms with Gasteiger partial charge in [0.25, 0.3) is 0 Å². The van der Waals surface area contributed by atoms with E-state index >= 15 is 0 Å². The maximum atomic E-state index is 12.0. The van der Waals surface area contributed by atoms with Crippen molar-refractivity contribution in [1.82, 2.24) is 0 Å². The quantitative estimate of drug-likeness (QED) is 0.265. The highest BCUT2D eigenvalue weighted by Crippen LogP contribution is 2.16. The number of ether oxygens (including phenoxy) is 2. The molecule has 0 fully saturated rings. The van der Waals surface area contributed by atoms with Crippen molar-refractivity contribution in [2.75, 3.05) is 6.61 Å². The molecule has 4 nitrogen and oxygen atoms in total. The van der Waals surface area contributed by atoms with Crippen LogP contribution in [0, 0.1) is 17.8 Å². The first-order valence-corrected chi connectivity index (χ1v) is 10.6. The van der Waals surface area contributed by atoms with E-state index in [0.29, 0.717) is 31.3 Å². The number of carbonyl (C=O) groups excluding carboxylic acids is 2. The minimum Gasteiger partial charge on any atom is -0.465 e. The molecule has 0 bridgehead atoms. The minimum atomic E-state index is -0.179. The Morgan fingerprint density at radius 1 is 0.769 bits per heavy atom. The first kappa shape index (κ1) is 24.9. The molecule has 0 radical (unpaired) electrons. The average molecular weight is 371 g/mol. The largest absolute Gasteiger partial charge is 0.465 e. The van der Waals surface area contributed by atoms with Gasteiger partial charge >= 0.3 is 11.9 Å². The SMILES string of the molecule is CCC(OC(=O)CCCCC(C)C)C(C)COC(=O)CCCCC(C)C. The van der Waals surface area contributed by atoms with E-state index < -0.39 is 0 Å². The van der Waals surface area contributed by atoms with E-state index in [2.05, 4.69) is 27.7 Å². The molecule has 0 amide bonds. The van der Waals surface area contributed by atoms with Crippen molar-refractivity contribution < 1.29 is 19.1 Å². The monoisotopic (exact) mass is 370 g/mol. The van der Waals surface area contributed by atoms with Crippen molar-refractivity contribution in [1.29, 1.82) is 0 Å². The van der Waals surface area contributed by atoms with E-state index in [0.717, 1.165) is 44.9 Å². The summed E-state index contributed by atoms with van der Waals surface area (Å²) < 4.78 is 11.0. The van der Waals surface area contributed by atoms with E-state index in [4.69, 9.17) is 9.47 Å². The van der Waals surface area contributed by atoms with Gasteiger partial charge in [0.15, 0.2) is 0 Å². The molecular formula is C22H42O4. The van der Waals surface area contributed by atoms with E-state index in [9.17, 15) is 9.59 Å². The van der Waals surface area contributed by atoms with Crippen molar-refractivity contribution in [3.63, 3.8) is 0 Å². The maximum absolute atomic E-state index is 12.0. The predicted octanol–water partition coefficient (Wildman–Crippen LogP) is 5.92. The lowest BCUT2D eigenvalue weighted by molar-refractivity contribution is -0.155. The molecule has 0 saturated carbocycles. The minimum absolute atomic E-state index is 0.0271. The van der Waals surface area contributed by atoms with Gasteiger partial charge in [-0.25, -0.2) is 0 Å². The van der Waals surface area contributed by atoms with Crippen LogP contribution in [0.4, 0.5) is 0 Å². The smallest absolute Gasteiger partial charge is 0.306 e. The second kappa shape index (κ2) is 15.0. The molecule has 0 aliphatic rings. The Kier molecular flexibility index (Phi) is 14.4. The fourth-order valence-electron chi connectivity index (χ4n) is 2.88. The molecule has 0 aliphatic heterocycles. The highest BCUT2D eigenvalue weighted by atomic mass is 16.6. The van der Waals surface area contributed by atoms with Crippen molar-refractivity contribution >= 4 is 11.9 Å². The van der Waals surface area contributed by atoms with Gasteiger partial charge in [-0.15, -0.1) is 0 Å². The molecule has 0 N–H and O–H groups in total. The Labute approximate surface area is 161 Å². The fraction of sp³-hybridized carbons (Fsp3) is 0.909. The topological polar surface area (TPSA) is 52.6 Å². The normalized spacial score (nSPS) is 13.7. The number of carbonyl (C=O) groups is 2. The van der Waals surface area contributed by atoms with Crippen LogP contribution in [0.2, 0.25) is 0 Å². The second-order valence-electron chi connectivity index (χ2n) is 8.38. The zero-order valence-electron chi connectivity index (χ0n) is 18.0. The molecule has 0 aromatic heterocycles. The molecule has 2 atom stereocenters. The van der Waals surface area contributed by atoms with E-state index in [1.54, 1.807) is 0 Å². The van der Waals surface area contributed by atoms with Gasteiger partial charge in [-0.1, -0.05) is 67.2 Å². The fourth-order valence-corrected chi connectivity index (χ4v) is 2.88. The summed E-state index contributed by atoms with van der Waals surface area (Å²) in [5, 5.41) is 0. The summed E-state index contributed by atoms with van der Waals surface area (Å²) >= 11 is 0. The highest BCUT2D eigenvalue weighted by Gasteiger charge is 2.21. The highest BCUT2D eigenvalue weighted by molar-refractivity contribution is 5.70. The second-order valence-corrected chi connectivity index (χ2v) is 8.38. The zero-order valence-corrected chi connectivity index (χ0v) is 18.0. The van der Waals surface area contributed by atoms with Crippen molar-refractivity contribution in [3.05, 3.63) is 0 Å². The van der Waals surface area contributed by atoms with Gasteiger partial charge in [0.05, 0.1) is 6.61 Å². The van der Waals surface area contributed by atoms with Crippen molar-refractivity contribution in [2.24, 2.45) is 17.8 Å². The summed E-state index contributed by atoms with van der Waals surface area (Å²) in [6.07, 6.45) is 7.70. The predicted molar refractivity (Wildman–Crippen MR) is 107 cm³/mol. The van der Waals surface area contributed by atoms with E-state index in [1.165, 1.54) is 0 Å². The molecule has 0 aromatic carbocycles. The molecular weight excluding hydrogens is 328 g/mol. The summed E-state index contributed by atoms with van der Waals surface area (Å²) in [5.74, 6) is 1.10. The molecule has 0 saturated heterocycles. The number of hydrogen-bond acceptors (Lipinski definition) is 4. The van der Waals surface area contributed by atoms with Crippen LogP contribution in [-0.4, -0.2) is 24.6 Å². The zero-order chi connectivity index (χ0) is 19.9.